The number of hydrogen-bond donors (Lipinski definition) is 0. The topological polar surface area (TPSA) is 28.5 Å². The van der Waals surface area contributed by atoms with Crippen molar-refractivity contribution in [1.82, 2.24) is 9.88 Å². The first-order valence-electron chi connectivity index (χ1n) is 6.98. The van der Waals surface area contributed by atoms with Crippen molar-refractivity contribution in [1.29, 1.82) is 0 Å². The average Bonchev–Trinajstić information content (AvgIpc) is 2.94. The molecule has 0 unspecified atom stereocenters. The lowest BCUT2D eigenvalue weighted by Gasteiger charge is -2.01. The molecule has 0 N–H and O–H groups in total. The molecule has 0 atom stereocenters. The van der Waals surface area contributed by atoms with Gasteiger partial charge in [0.1, 0.15) is 0 Å². The highest BCUT2D eigenvalue weighted by Gasteiger charge is 2.05. The van der Waals surface area contributed by atoms with Crippen LogP contribution in [0.4, 0.5) is 5.69 Å². The Morgan fingerprint density at radius 1 is 1.18 bits per heavy atom. The van der Waals surface area contributed by atoms with E-state index in [-0.39, 0.29) is 0 Å². The lowest BCUT2D eigenvalue weighted by molar-refractivity contribution is 0.643. The molecule has 3 nitrogen and oxygen atoms in total. The Hall–Kier alpha value is -1.85. The summed E-state index contributed by atoms with van der Waals surface area (Å²) in [5.41, 5.74) is 3.33. The zero-order valence-electron chi connectivity index (χ0n) is 12.6. The number of thiazole rings is 1. The van der Waals surface area contributed by atoms with Crippen molar-refractivity contribution in [3.05, 3.63) is 54.1 Å². The molecular weight excluding hydrogens is 310 g/mol. The molecule has 1 aromatic heterocycles. The highest BCUT2D eigenvalue weighted by atomic mass is 32.2. The zero-order chi connectivity index (χ0) is 15.4. The molecule has 112 valence electrons. The average molecular weight is 327 g/mol. The maximum atomic E-state index is 4.68. The Balaban J connectivity index is 1.75. The number of rotatable bonds is 5. The summed E-state index contributed by atoms with van der Waals surface area (Å²) in [5, 5.41) is 0. The summed E-state index contributed by atoms with van der Waals surface area (Å²) in [6.45, 7) is 0. The molecule has 22 heavy (non-hydrogen) atoms. The van der Waals surface area contributed by atoms with Gasteiger partial charge in [-0.2, -0.15) is 0 Å². The van der Waals surface area contributed by atoms with Gasteiger partial charge in [0.2, 0.25) is 0 Å². The van der Waals surface area contributed by atoms with Gasteiger partial charge in [0.05, 0.1) is 22.2 Å². The highest BCUT2D eigenvalue weighted by Crippen LogP contribution is 2.33. The first kappa shape index (κ1) is 15.1. The van der Waals surface area contributed by atoms with E-state index in [1.165, 1.54) is 10.3 Å². The van der Waals surface area contributed by atoms with E-state index in [4.69, 9.17) is 0 Å². The molecule has 3 rings (SSSR count). The van der Waals surface area contributed by atoms with Gasteiger partial charge in [0.25, 0.3) is 0 Å². The van der Waals surface area contributed by atoms with Gasteiger partial charge in [-0.15, -0.1) is 11.3 Å². The van der Waals surface area contributed by atoms with Crippen LogP contribution in [0.2, 0.25) is 0 Å². The molecule has 0 aliphatic carbocycles. The van der Waals surface area contributed by atoms with E-state index in [2.05, 4.69) is 40.3 Å². The van der Waals surface area contributed by atoms with Crippen LogP contribution in [0.25, 0.3) is 10.2 Å². The molecule has 0 fully saturated rings. The number of thioether (sulfide) groups is 1. The predicted octanol–water partition coefficient (Wildman–Crippen LogP) is 4.81. The van der Waals surface area contributed by atoms with Crippen molar-refractivity contribution in [3.63, 3.8) is 0 Å². The molecule has 0 radical (unpaired) electrons. The van der Waals surface area contributed by atoms with Gasteiger partial charge in [0.15, 0.2) is 4.34 Å². The van der Waals surface area contributed by atoms with Crippen LogP contribution in [-0.2, 0) is 5.75 Å². The van der Waals surface area contributed by atoms with Crippen molar-refractivity contribution >= 4 is 45.3 Å². The molecule has 0 saturated heterocycles. The maximum absolute atomic E-state index is 4.68. The lowest BCUT2D eigenvalue weighted by atomic mass is 10.2. The number of aromatic nitrogens is 1. The smallest absolute Gasteiger partial charge is 0.151 e. The summed E-state index contributed by atoms with van der Waals surface area (Å²) >= 11 is 3.51. The van der Waals surface area contributed by atoms with Crippen LogP contribution in [0.3, 0.4) is 0 Å². The van der Waals surface area contributed by atoms with Crippen LogP contribution >= 0.6 is 23.1 Å². The Kier molecular flexibility index (Phi) is 4.75. The van der Waals surface area contributed by atoms with Gasteiger partial charge < -0.3 is 4.90 Å². The van der Waals surface area contributed by atoms with E-state index in [0.717, 1.165) is 21.3 Å². The van der Waals surface area contributed by atoms with E-state index in [1.807, 2.05) is 43.5 Å². The Morgan fingerprint density at radius 2 is 2.00 bits per heavy atom. The van der Waals surface area contributed by atoms with Crippen LogP contribution < -0.4 is 0 Å². The Morgan fingerprint density at radius 3 is 2.77 bits per heavy atom. The fraction of sp³-hybridized carbons (Fsp3) is 0.176. The first-order chi connectivity index (χ1) is 10.7. The molecule has 1 heterocycles. The summed E-state index contributed by atoms with van der Waals surface area (Å²) in [4.78, 5) is 11.0. The normalized spacial score (nSPS) is 11.4. The van der Waals surface area contributed by atoms with Crippen LogP contribution in [0.1, 0.15) is 5.56 Å². The van der Waals surface area contributed by atoms with Crippen molar-refractivity contribution in [2.75, 3.05) is 14.1 Å². The summed E-state index contributed by atoms with van der Waals surface area (Å²) in [5.74, 6) is 0.951. The summed E-state index contributed by atoms with van der Waals surface area (Å²) in [6, 6.07) is 16.6. The van der Waals surface area contributed by atoms with E-state index < -0.39 is 0 Å². The monoisotopic (exact) mass is 327 g/mol. The summed E-state index contributed by atoms with van der Waals surface area (Å²) in [6.07, 6.45) is 1.81. The number of hydrogen-bond acceptors (Lipinski definition) is 4. The van der Waals surface area contributed by atoms with Gasteiger partial charge in [-0.3, -0.25) is 0 Å². The SMILES string of the molecule is CN(C)C=Nc1ccc2nc(SCc3ccccc3)sc2c1. The van der Waals surface area contributed by atoms with Crippen molar-refractivity contribution in [2.24, 2.45) is 4.99 Å². The second-order valence-corrected chi connectivity index (χ2v) is 7.37. The largest absolute Gasteiger partial charge is 0.369 e. The van der Waals surface area contributed by atoms with E-state index in [1.54, 1.807) is 23.1 Å². The van der Waals surface area contributed by atoms with Crippen molar-refractivity contribution in [3.8, 4) is 0 Å². The molecule has 0 amide bonds. The van der Waals surface area contributed by atoms with Gasteiger partial charge in [-0.1, -0.05) is 42.1 Å². The van der Waals surface area contributed by atoms with Crippen LogP contribution in [0.15, 0.2) is 57.9 Å². The number of aliphatic imine (C=N–C) groups is 1. The zero-order valence-corrected chi connectivity index (χ0v) is 14.2. The van der Waals surface area contributed by atoms with Crippen LogP contribution in [0, 0.1) is 0 Å². The molecule has 3 aromatic rings. The molecule has 0 aliphatic rings. The third kappa shape index (κ3) is 3.87. The van der Waals surface area contributed by atoms with Gasteiger partial charge >= 0.3 is 0 Å². The fourth-order valence-corrected chi connectivity index (χ4v) is 3.99. The first-order valence-corrected chi connectivity index (χ1v) is 8.79. The minimum absolute atomic E-state index is 0.951. The second kappa shape index (κ2) is 6.94. The number of fused-ring (bicyclic) bond motifs is 1. The standard InChI is InChI=1S/C17H17N3S2/c1-20(2)12-18-14-8-9-15-16(10-14)22-17(19-15)21-11-13-6-4-3-5-7-13/h3-10,12H,11H2,1-2H3. The number of nitrogens with zero attached hydrogens (tertiary/aromatic N) is 3. The predicted molar refractivity (Wildman–Crippen MR) is 97.5 cm³/mol. The van der Waals surface area contributed by atoms with E-state index in [0.29, 0.717) is 0 Å². The quantitative estimate of drug-likeness (QED) is 0.382. The minimum Gasteiger partial charge on any atom is -0.369 e. The number of benzene rings is 2. The molecule has 5 heteroatoms. The highest BCUT2D eigenvalue weighted by molar-refractivity contribution is 8.00. The van der Waals surface area contributed by atoms with E-state index >= 15 is 0 Å². The second-order valence-electron chi connectivity index (χ2n) is 5.11. The van der Waals surface area contributed by atoms with Crippen molar-refractivity contribution < 1.29 is 0 Å². The van der Waals surface area contributed by atoms with Gasteiger partial charge in [-0.25, -0.2) is 9.98 Å². The minimum atomic E-state index is 0.951. The van der Waals surface area contributed by atoms with Gasteiger partial charge in [0, 0.05) is 19.8 Å². The van der Waals surface area contributed by atoms with Crippen molar-refractivity contribution in [2.45, 2.75) is 10.1 Å². The third-order valence-corrected chi connectivity index (χ3v) is 5.23. The van der Waals surface area contributed by atoms with E-state index in [9.17, 15) is 0 Å². The molecule has 2 aromatic carbocycles. The molecule has 0 bridgehead atoms. The third-order valence-electron chi connectivity index (χ3n) is 3.00. The Bertz CT molecular complexity index is 779. The fourth-order valence-electron chi connectivity index (χ4n) is 1.94. The molecule has 0 spiro atoms. The summed E-state index contributed by atoms with van der Waals surface area (Å²) in [7, 11) is 3.93. The Labute approximate surface area is 138 Å². The van der Waals surface area contributed by atoms with Gasteiger partial charge in [-0.05, 0) is 23.8 Å². The van der Waals surface area contributed by atoms with Crippen LogP contribution in [-0.4, -0.2) is 30.3 Å². The molecular formula is C17H17N3S2. The van der Waals surface area contributed by atoms with Crippen LogP contribution in [0.5, 0.6) is 0 Å². The maximum Gasteiger partial charge on any atom is 0.151 e. The summed E-state index contributed by atoms with van der Waals surface area (Å²) < 4.78 is 2.29. The molecule has 0 saturated carbocycles. The lowest BCUT2D eigenvalue weighted by Crippen LogP contribution is -2.06. The molecule has 0 aliphatic heterocycles.